The molecule has 0 radical (unpaired) electrons. The Hall–Kier alpha value is -1.75. The monoisotopic (exact) mass is 209 g/mol. The minimum absolute atomic E-state index is 0.0110. The molecule has 1 aromatic heterocycles. The van der Waals surface area contributed by atoms with E-state index < -0.39 is 5.97 Å². The molecule has 1 heterocycles. The molecule has 2 aromatic rings. The topological polar surface area (TPSA) is 83.5 Å². The Morgan fingerprint density at radius 3 is 2.79 bits per heavy atom. The standard InChI is InChI=1S/C9H7NO3S/c10-8-7(9(12)13)6-4(11)2-1-3-5(6)14-8/h1-3,11H,10H2,(H,12,13). The number of carbonyl (C=O) groups is 1. The largest absolute Gasteiger partial charge is 0.507 e. The molecule has 0 spiro atoms. The molecular weight excluding hydrogens is 202 g/mol. The van der Waals surface area contributed by atoms with Gasteiger partial charge in [-0.2, -0.15) is 0 Å². The first-order chi connectivity index (χ1) is 6.61. The summed E-state index contributed by atoms with van der Waals surface area (Å²) in [5, 5.41) is 18.9. The van der Waals surface area contributed by atoms with E-state index >= 15 is 0 Å². The van der Waals surface area contributed by atoms with Crippen molar-refractivity contribution in [2.75, 3.05) is 5.73 Å². The maximum atomic E-state index is 10.9. The molecule has 14 heavy (non-hydrogen) atoms. The number of phenols is 1. The van der Waals surface area contributed by atoms with Crippen LogP contribution in [0, 0.1) is 0 Å². The van der Waals surface area contributed by atoms with Crippen LogP contribution in [0.25, 0.3) is 10.1 Å². The second-order valence-electron chi connectivity index (χ2n) is 2.80. The van der Waals surface area contributed by atoms with E-state index in [0.29, 0.717) is 10.1 Å². The van der Waals surface area contributed by atoms with E-state index in [1.165, 1.54) is 6.07 Å². The number of aromatic hydroxyl groups is 1. The molecule has 1 aromatic carbocycles. The number of rotatable bonds is 1. The van der Waals surface area contributed by atoms with Crippen LogP contribution < -0.4 is 5.73 Å². The molecule has 0 aliphatic rings. The number of nitrogen functional groups attached to an aromatic ring is 1. The van der Waals surface area contributed by atoms with E-state index in [0.717, 1.165) is 11.3 Å². The molecule has 72 valence electrons. The summed E-state index contributed by atoms with van der Waals surface area (Å²) in [6, 6.07) is 4.82. The molecule has 0 atom stereocenters. The SMILES string of the molecule is Nc1sc2cccc(O)c2c1C(=O)O. The van der Waals surface area contributed by atoms with Crippen molar-refractivity contribution in [3.63, 3.8) is 0 Å². The zero-order valence-electron chi connectivity index (χ0n) is 7.02. The van der Waals surface area contributed by atoms with Crippen molar-refractivity contribution in [1.29, 1.82) is 0 Å². The fraction of sp³-hybridized carbons (Fsp3) is 0. The third-order valence-electron chi connectivity index (χ3n) is 1.93. The number of nitrogens with two attached hydrogens (primary N) is 1. The molecule has 0 amide bonds. The minimum Gasteiger partial charge on any atom is -0.507 e. The number of hydrogen-bond acceptors (Lipinski definition) is 4. The Morgan fingerprint density at radius 2 is 2.14 bits per heavy atom. The molecule has 0 saturated heterocycles. The smallest absolute Gasteiger partial charge is 0.339 e. The van der Waals surface area contributed by atoms with Crippen LogP contribution in [-0.2, 0) is 0 Å². The molecule has 5 heteroatoms. The number of fused-ring (bicyclic) bond motifs is 1. The normalized spacial score (nSPS) is 10.6. The third kappa shape index (κ3) is 1.10. The van der Waals surface area contributed by atoms with Crippen LogP contribution in [0.5, 0.6) is 5.75 Å². The molecule has 0 saturated carbocycles. The van der Waals surface area contributed by atoms with Crippen LogP contribution in [-0.4, -0.2) is 16.2 Å². The second-order valence-corrected chi connectivity index (χ2v) is 3.88. The molecular formula is C9H7NO3S. The second kappa shape index (κ2) is 2.88. The van der Waals surface area contributed by atoms with Gasteiger partial charge in [0.05, 0.1) is 5.39 Å². The Morgan fingerprint density at radius 1 is 1.43 bits per heavy atom. The first kappa shape index (κ1) is 8.83. The van der Waals surface area contributed by atoms with Gasteiger partial charge in [0.1, 0.15) is 16.3 Å². The van der Waals surface area contributed by atoms with Gasteiger partial charge in [-0.1, -0.05) is 6.07 Å². The van der Waals surface area contributed by atoms with Gasteiger partial charge in [0.2, 0.25) is 0 Å². The summed E-state index contributed by atoms with van der Waals surface area (Å²) >= 11 is 1.16. The number of carboxylic acids is 1. The summed E-state index contributed by atoms with van der Waals surface area (Å²) in [6.07, 6.45) is 0. The van der Waals surface area contributed by atoms with Gasteiger partial charge in [0, 0.05) is 4.70 Å². The van der Waals surface area contributed by atoms with E-state index in [-0.39, 0.29) is 16.3 Å². The number of benzene rings is 1. The van der Waals surface area contributed by atoms with Crippen molar-refractivity contribution in [1.82, 2.24) is 0 Å². The fourth-order valence-electron chi connectivity index (χ4n) is 1.36. The molecule has 4 N–H and O–H groups in total. The Labute approximate surface area is 83.2 Å². The lowest BCUT2D eigenvalue weighted by atomic mass is 10.1. The van der Waals surface area contributed by atoms with Gasteiger partial charge in [-0.3, -0.25) is 0 Å². The summed E-state index contributed by atoms with van der Waals surface area (Å²) in [4.78, 5) is 10.9. The molecule has 0 bridgehead atoms. The lowest BCUT2D eigenvalue weighted by Gasteiger charge is -1.96. The maximum absolute atomic E-state index is 10.9. The van der Waals surface area contributed by atoms with E-state index in [4.69, 9.17) is 10.8 Å². The highest BCUT2D eigenvalue weighted by atomic mass is 32.1. The van der Waals surface area contributed by atoms with Gasteiger partial charge >= 0.3 is 5.97 Å². The molecule has 0 aliphatic heterocycles. The van der Waals surface area contributed by atoms with E-state index in [9.17, 15) is 9.90 Å². The average molecular weight is 209 g/mol. The van der Waals surface area contributed by atoms with Crippen molar-refractivity contribution in [3.8, 4) is 5.75 Å². The van der Waals surface area contributed by atoms with Crippen LogP contribution in [0.2, 0.25) is 0 Å². The zero-order chi connectivity index (χ0) is 10.3. The Kier molecular flexibility index (Phi) is 1.82. The highest BCUT2D eigenvalue weighted by Crippen LogP contribution is 2.38. The Bertz CT molecular complexity index is 518. The van der Waals surface area contributed by atoms with Crippen LogP contribution in [0.1, 0.15) is 10.4 Å². The van der Waals surface area contributed by atoms with Gasteiger partial charge < -0.3 is 15.9 Å². The quantitative estimate of drug-likeness (QED) is 0.669. The van der Waals surface area contributed by atoms with Crippen molar-refractivity contribution in [2.24, 2.45) is 0 Å². The van der Waals surface area contributed by atoms with Crippen molar-refractivity contribution < 1.29 is 15.0 Å². The summed E-state index contributed by atoms with van der Waals surface area (Å²) in [5.74, 6) is -1.16. The molecule has 0 aliphatic carbocycles. The first-order valence-corrected chi connectivity index (χ1v) is 4.66. The van der Waals surface area contributed by atoms with Gasteiger partial charge in [0.15, 0.2) is 0 Å². The Balaban J connectivity index is 2.93. The van der Waals surface area contributed by atoms with Crippen molar-refractivity contribution >= 4 is 32.4 Å². The van der Waals surface area contributed by atoms with Crippen molar-refractivity contribution in [3.05, 3.63) is 23.8 Å². The minimum atomic E-state index is -1.12. The number of hydrogen-bond donors (Lipinski definition) is 3. The predicted molar refractivity (Wildman–Crippen MR) is 54.9 cm³/mol. The van der Waals surface area contributed by atoms with Crippen LogP contribution in [0.3, 0.4) is 0 Å². The van der Waals surface area contributed by atoms with Crippen LogP contribution in [0.4, 0.5) is 5.00 Å². The van der Waals surface area contributed by atoms with Crippen LogP contribution in [0.15, 0.2) is 18.2 Å². The van der Waals surface area contributed by atoms with Gasteiger partial charge in [-0.25, -0.2) is 4.79 Å². The molecule has 4 nitrogen and oxygen atoms in total. The van der Waals surface area contributed by atoms with Gasteiger partial charge in [0.25, 0.3) is 0 Å². The van der Waals surface area contributed by atoms with E-state index in [1.54, 1.807) is 12.1 Å². The first-order valence-electron chi connectivity index (χ1n) is 3.84. The molecule has 0 fully saturated rings. The number of aromatic carboxylic acids is 1. The van der Waals surface area contributed by atoms with E-state index in [2.05, 4.69) is 0 Å². The number of anilines is 1. The summed E-state index contributed by atoms with van der Waals surface area (Å²) in [5.41, 5.74) is 5.54. The molecule has 0 unspecified atom stereocenters. The fourth-order valence-corrected chi connectivity index (χ4v) is 2.34. The average Bonchev–Trinajstić information content (AvgIpc) is 2.42. The number of phenolic OH excluding ortho intramolecular Hbond substituents is 1. The third-order valence-corrected chi connectivity index (χ3v) is 2.92. The molecule has 2 rings (SSSR count). The zero-order valence-corrected chi connectivity index (χ0v) is 7.84. The predicted octanol–water partition coefficient (Wildman–Crippen LogP) is 1.89. The van der Waals surface area contributed by atoms with Crippen LogP contribution >= 0.6 is 11.3 Å². The lowest BCUT2D eigenvalue weighted by molar-refractivity contribution is 0.0700. The maximum Gasteiger partial charge on any atom is 0.339 e. The highest BCUT2D eigenvalue weighted by molar-refractivity contribution is 7.23. The van der Waals surface area contributed by atoms with Gasteiger partial charge in [-0.15, -0.1) is 11.3 Å². The summed E-state index contributed by atoms with van der Waals surface area (Å²) < 4.78 is 0.680. The van der Waals surface area contributed by atoms with E-state index in [1.807, 2.05) is 0 Å². The number of thiophene rings is 1. The summed E-state index contributed by atoms with van der Waals surface area (Å²) in [6.45, 7) is 0. The highest BCUT2D eigenvalue weighted by Gasteiger charge is 2.18. The van der Waals surface area contributed by atoms with Crippen molar-refractivity contribution in [2.45, 2.75) is 0 Å². The number of carboxylic acid groups (broad SMARTS) is 1. The van der Waals surface area contributed by atoms with Gasteiger partial charge in [-0.05, 0) is 12.1 Å². The summed E-state index contributed by atoms with van der Waals surface area (Å²) in [7, 11) is 0. The lowest BCUT2D eigenvalue weighted by Crippen LogP contribution is -1.98.